The van der Waals surface area contributed by atoms with Gasteiger partial charge in [0.25, 0.3) is 0 Å². The lowest BCUT2D eigenvalue weighted by atomic mass is 10.2. The normalized spacial score (nSPS) is 12.5. The summed E-state index contributed by atoms with van der Waals surface area (Å²) in [6, 6.07) is 12.9. The molecule has 19 heavy (non-hydrogen) atoms. The molecule has 0 spiro atoms. The number of hydrogen-bond donors (Lipinski definition) is 2. The van der Waals surface area contributed by atoms with Gasteiger partial charge < -0.3 is 0 Å². The first-order valence-electron chi connectivity index (χ1n) is 6.15. The Balaban J connectivity index is 1.81. The van der Waals surface area contributed by atoms with Crippen molar-refractivity contribution in [3.63, 3.8) is 0 Å². The molecule has 2 nitrogen and oxygen atoms in total. The summed E-state index contributed by atoms with van der Waals surface area (Å²) in [7, 11) is 0. The lowest BCUT2D eigenvalue weighted by molar-refractivity contribution is 0.541. The first-order chi connectivity index (χ1) is 9.29. The first-order valence-corrected chi connectivity index (χ1v) is 8.81. The molecule has 0 saturated heterocycles. The standard InChI is InChI=1S/C14H17BrN2S2/c15-13-5-1-2-6-14(13)19-10-11(17-16)7-8-12-4-3-9-18-12/h1-6,9,11,17H,7-8,10,16H2. The van der Waals surface area contributed by atoms with Gasteiger partial charge in [0, 0.05) is 26.0 Å². The molecule has 3 N–H and O–H groups in total. The van der Waals surface area contributed by atoms with E-state index in [4.69, 9.17) is 5.84 Å². The van der Waals surface area contributed by atoms with Crippen molar-refractivity contribution in [2.24, 2.45) is 5.84 Å². The lowest BCUT2D eigenvalue weighted by Crippen LogP contribution is -2.37. The number of benzene rings is 1. The predicted octanol–water partition coefficient (Wildman–Crippen LogP) is 4.07. The topological polar surface area (TPSA) is 38.0 Å². The molecule has 1 aromatic heterocycles. The molecule has 102 valence electrons. The van der Waals surface area contributed by atoms with Crippen LogP contribution in [-0.4, -0.2) is 11.8 Å². The van der Waals surface area contributed by atoms with E-state index >= 15 is 0 Å². The van der Waals surface area contributed by atoms with E-state index in [2.05, 4.69) is 57.1 Å². The van der Waals surface area contributed by atoms with Gasteiger partial charge >= 0.3 is 0 Å². The van der Waals surface area contributed by atoms with Crippen LogP contribution in [0, 0.1) is 0 Å². The molecule has 1 heterocycles. The van der Waals surface area contributed by atoms with Crippen molar-refractivity contribution in [1.82, 2.24) is 5.43 Å². The summed E-state index contributed by atoms with van der Waals surface area (Å²) in [5.74, 6) is 6.62. The molecule has 5 heteroatoms. The number of hydrogen-bond acceptors (Lipinski definition) is 4. The van der Waals surface area contributed by atoms with Gasteiger partial charge in [0.2, 0.25) is 0 Å². The molecule has 0 fully saturated rings. The number of thiophene rings is 1. The number of rotatable bonds is 7. The maximum Gasteiger partial charge on any atom is 0.0311 e. The van der Waals surface area contributed by atoms with Gasteiger partial charge in [0.15, 0.2) is 0 Å². The average molecular weight is 357 g/mol. The van der Waals surface area contributed by atoms with Crippen LogP contribution in [0.25, 0.3) is 0 Å². The molecule has 0 radical (unpaired) electrons. The van der Waals surface area contributed by atoms with Crippen LogP contribution in [0.5, 0.6) is 0 Å². The van der Waals surface area contributed by atoms with Gasteiger partial charge in [0.1, 0.15) is 0 Å². The summed E-state index contributed by atoms with van der Waals surface area (Å²) >= 11 is 7.21. The highest BCUT2D eigenvalue weighted by Gasteiger charge is 2.09. The first kappa shape index (κ1) is 15.1. The summed E-state index contributed by atoms with van der Waals surface area (Å²) in [4.78, 5) is 2.69. The molecule has 1 unspecified atom stereocenters. The molecule has 2 rings (SSSR count). The fraction of sp³-hybridized carbons (Fsp3) is 0.286. The Bertz CT molecular complexity index is 488. The minimum absolute atomic E-state index is 0.333. The number of thioether (sulfide) groups is 1. The van der Waals surface area contributed by atoms with Crippen molar-refractivity contribution in [1.29, 1.82) is 0 Å². The Morgan fingerprint density at radius 2 is 2.11 bits per heavy atom. The summed E-state index contributed by atoms with van der Waals surface area (Å²) in [5, 5.41) is 2.12. The van der Waals surface area contributed by atoms with E-state index in [0.29, 0.717) is 6.04 Å². The molecule has 1 aromatic carbocycles. The zero-order valence-electron chi connectivity index (χ0n) is 10.5. The van der Waals surface area contributed by atoms with Crippen molar-refractivity contribution < 1.29 is 0 Å². The van der Waals surface area contributed by atoms with Gasteiger partial charge in [-0.25, -0.2) is 0 Å². The molecule has 0 aliphatic heterocycles. The van der Waals surface area contributed by atoms with E-state index in [0.717, 1.165) is 23.1 Å². The molecular weight excluding hydrogens is 340 g/mol. The Morgan fingerprint density at radius 1 is 1.26 bits per heavy atom. The highest BCUT2D eigenvalue weighted by atomic mass is 79.9. The number of halogens is 1. The molecule has 0 amide bonds. The third-order valence-corrected chi connectivity index (χ3v) is 5.96. The van der Waals surface area contributed by atoms with E-state index < -0.39 is 0 Å². The van der Waals surface area contributed by atoms with Gasteiger partial charge in [-0.1, -0.05) is 18.2 Å². The van der Waals surface area contributed by atoms with Gasteiger partial charge in [-0.3, -0.25) is 11.3 Å². The maximum atomic E-state index is 5.64. The lowest BCUT2D eigenvalue weighted by Gasteiger charge is -2.15. The highest BCUT2D eigenvalue weighted by Crippen LogP contribution is 2.28. The summed E-state index contributed by atoms with van der Waals surface area (Å²) in [6.45, 7) is 0. The van der Waals surface area contributed by atoms with Crippen LogP contribution in [-0.2, 0) is 6.42 Å². The summed E-state index contributed by atoms with van der Waals surface area (Å²) in [6.07, 6.45) is 2.15. The van der Waals surface area contributed by atoms with E-state index in [9.17, 15) is 0 Å². The van der Waals surface area contributed by atoms with E-state index in [1.54, 1.807) is 0 Å². The third-order valence-electron chi connectivity index (χ3n) is 2.83. The van der Waals surface area contributed by atoms with Crippen molar-refractivity contribution in [2.75, 3.05) is 5.75 Å². The maximum absolute atomic E-state index is 5.64. The van der Waals surface area contributed by atoms with Gasteiger partial charge in [0.05, 0.1) is 0 Å². The fourth-order valence-electron chi connectivity index (χ4n) is 1.74. The largest absolute Gasteiger partial charge is 0.271 e. The van der Waals surface area contributed by atoms with Crippen LogP contribution in [0.4, 0.5) is 0 Å². The summed E-state index contributed by atoms with van der Waals surface area (Å²) in [5.41, 5.74) is 2.92. The van der Waals surface area contributed by atoms with Crippen LogP contribution in [0.1, 0.15) is 11.3 Å². The zero-order chi connectivity index (χ0) is 13.5. The number of nitrogens with two attached hydrogens (primary N) is 1. The SMILES string of the molecule is NNC(CCc1cccs1)CSc1ccccc1Br. The molecule has 0 aliphatic rings. The second kappa shape index (κ2) is 8.07. The van der Waals surface area contributed by atoms with Crippen LogP contribution in [0.2, 0.25) is 0 Å². The van der Waals surface area contributed by atoms with Crippen molar-refractivity contribution in [2.45, 2.75) is 23.8 Å². The zero-order valence-corrected chi connectivity index (χ0v) is 13.7. The Labute approximate surface area is 130 Å². The Morgan fingerprint density at radius 3 is 2.79 bits per heavy atom. The van der Waals surface area contributed by atoms with Crippen LogP contribution < -0.4 is 11.3 Å². The monoisotopic (exact) mass is 356 g/mol. The van der Waals surface area contributed by atoms with Gasteiger partial charge in [-0.05, 0) is 52.4 Å². The van der Waals surface area contributed by atoms with Crippen LogP contribution >= 0.6 is 39.0 Å². The van der Waals surface area contributed by atoms with Gasteiger partial charge in [-0.15, -0.1) is 23.1 Å². The minimum atomic E-state index is 0.333. The van der Waals surface area contributed by atoms with Crippen molar-refractivity contribution >= 4 is 39.0 Å². The number of nitrogens with one attached hydrogen (secondary N) is 1. The molecule has 2 aromatic rings. The molecule has 0 saturated carbocycles. The van der Waals surface area contributed by atoms with E-state index in [1.165, 1.54) is 9.77 Å². The third kappa shape index (κ3) is 4.93. The predicted molar refractivity (Wildman–Crippen MR) is 88.6 cm³/mol. The quantitative estimate of drug-likeness (QED) is 0.446. The summed E-state index contributed by atoms with van der Waals surface area (Å²) < 4.78 is 1.15. The smallest absolute Gasteiger partial charge is 0.0311 e. The fourth-order valence-corrected chi connectivity index (χ4v) is 4.12. The Hall–Kier alpha value is -0.330. The second-order valence-corrected chi connectivity index (χ2v) is 7.17. The molecular formula is C14H17BrN2S2. The molecule has 0 aliphatic carbocycles. The van der Waals surface area contributed by atoms with E-state index in [-0.39, 0.29) is 0 Å². The van der Waals surface area contributed by atoms with Crippen molar-refractivity contribution in [3.8, 4) is 0 Å². The second-order valence-electron chi connectivity index (χ2n) is 4.22. The molecule has 1 atom stereocenters. The number of aryl methyl sites for hydroxylation is 1. The average Bonchev–Trinajstić information content (AvgIpc) is 2.94. The highest BCUT2D eigenvalue weighted by molar-refractivity contribution is 9.10. The molecule has 0 bridgehead atoms. The van der Waals surface area contributed by atoms with Crippen LogP contribution in [0.15, 0.2) is 51.1 Å². The number of hydrazine groups is 1. The van der Waals surface area contributed by atoms with E-state index in [1.807, 2.05) is 29.2 Å². The van der Waals surface area contributed by atoms with Crippen LogP contribution in [0.3, 0.4) is 0 Å². The van der Waals surface area contributed by atoms with Crippen molar-refractivity contribution in [3.05, 3.63) is 51.1 Å². The Kier molecular flexibility index (Phi) is 6.40. The minimum Gasteiger partial charge on any atom is -0.271 e. The van der Waals surface area contributed by atoms with Gasteiger partial charge in [-0.2, -0.15) is 0 Å².